The maximum Gasteiger partial charge on any atom is 0.164 e. The van der Waals surface area contributed by atoms with Crippen molar-refractivity contribution in [3.63, 3.8) is 0 Å². The van der Waals surface area contributed by atoms with E-state index in [-0.39, 0.29) is 0 Å². The Morgan fingerprint density at radius 3 is 1.47 bits per heavy atom. The van der Waals surface area contributed by atoms with E-state index in [2.05, 4.69) is 84.9 Å². The molecule has 2 aromatic heterocycles. The van der Waals surface area contributed by atoms with E-state index in [9.17, 15) is 0 Å². The van der Waals surface area contributed by atoms with Crippen molar-refractivity contribution >= 4 is 32.7 Å². The second-order valence-electron chi connectivity index (χ2n) is 11.6. The van der Waals surface area contributed by atoms with Gasteiger partial charge in [0.1, 0.15) is 11.2 Å². The van der Waals surface area contributed by atoms with Crippen LogP contribution in [0.1, 0.15) is 0 Å². The number of rotatable bonds is 5. The lowest BCUT2D eigenvalue weighted by Crippen LogP contribution is -2.00. The normalized spacial score (nSPS) is 11.4. The highest BCUT2D eigenvalue weighted by Crippen LogP contribution is 2.42. The Morgan fingerprint density at radius 1 is 0.362 bits per heavy atom. The van der Waals surface area contributed by atoms with Gasteiger partial charge in [0.25, 0.3) is 0 Å². The van der Waals surface area contributed by atoms with Gasteiger partial charge in [-0.3, -0.25) is 0 Å². The Bertz CT molecular complexity index is 2480. The maximum absolute atomic E-state index is 6.55. The summed E-state index contributed by atoms with van der Waals surface area (Å²) in [6, 6.07) is 56.3. The Kier molecular flexibility index (Phi) is 6.43. The second-order valence-corrected chi connectivity index (χ2v) is 11.6. The highest BCUT2D eigenvalue weighted by atomic mass is 16.3. The number of aromatic nitrogens is 3. The molecular formula is C43H27N3O. The van der Waals surface area contributed by atoms with Gasteiger partial charge in [0.05, 0.1) is 0 Å². The van der Waals surface area contributed by atoms with E-state index in [1.54, 1.807) is 0 Å². The summed E-state index contributed by atoms with van der Waals surface area (Å²) in [4.78, 5) is 14.7. The van der Waals surface area contributed by atoms with E-state index < -0.39 is 0 Å². The predicted molar refractivity (Wildman–Crippen MR) is 192 cm³/mol. The molecule has 220 valence electrons. The average molecular weight is 602 g/mol. The number of hydrogen-bond donors (Lipinski definition) is 0. The zero-order valence-corrected chi connectivity index (χ0v) is 25.3. The first-order chi connectivity index (χ1) is 23.3. The second kappa shape index (κ2) is 11.2. The Hall–Kier alpha value is -6.39. The number of furan rings is 1. The highest BCUT2D eigenvalue weighted by Gasteiger charge is 2.18. The quantitative estimate of drug-likeness (QED) is 0.197. The first-order valence-electron chi connectivity index (χ1n) is 15.7. The third-order valence-electron chi connectivity index (χ3n) is 8.72. The molecule has 0 bridgehead atoms. The van der Waals surface area contributed by atoms with Crippen LogP contribution in [-0.4, -0.2) is 15.0 Å². The van der Waals surface area contributed by atoms with Crippen LogP contribution < -0.4 is 0 Å². The third-order valence-corrected chi connectivity index (χ3v) is 8.72. The molecule has 0 aliphatic rings. The summed E-state index contributed by atoms with van der Waals surface area (Å²) >= 11 is 0. The van der Waals surface area contributed by atoms with E-state index in [1.165, 1.54) is 11.1 Å². The number of nitrogens with zero attached hydrogens (tertiary/aromatic N) is 3. The summed E-state index contributed by atoms with van der Waals surface area (Å²) in [7, 11) is 0. The number of benzene rings is 7. The van der Waals surface area contributed by atoms with Crippen molar-refractivity contribution in [1.82, 2.24) is 15.0 Å². The van der Waals surface area contributed by atoms with E-state index in [4.69, 9.17) is 19.4 Å². The van der Waals surface area contributed by atoms with Crippen LogP contribution in [0.15, 0.2) is 168 Å². The molecule has 0 N–H and O–H groups in total. The van der Waals surface area contributed by atoms with Gasteiger partial charge in [0.15, 0.2) is 17.5 Å². The molecule has 0 spiro atoms. The topological polar surface area (TPSA) is 51.8 Å². The van der Waals surface area contributed by atoms with Crippen LogP contribution in [0.5, 0.6) is 0 Å². The Balaban J connectivity index is 1.21. The van der Waals surface area contributed by atoms with E-state index >= 15 is 0 Å². The molecule has 0 fully saturated rings. The molecule has 7 aromatic carbocycles. The van der Waals surface area contributed by atoms with Gasteiger partial charge in [0, 0.05) is 32.8 Å². The predicted octanol–water partition coefficient (Wildman–Crippen LogP) is 11.3. The summed E-state index contributed by atoms with van der Waals surface area (Å²) in [5.74, 6) is 1.93. The van der Waals surface area contributed by atoms with Crippen molar-refractivity contribution < 1.29 is 4.42 Å². The minimum Gasteiger partial charge on any atom is -0.455 e. The van der Waals surface area contributed by atoms with Crippen LogP contribution in [0, 0.1) is 0 Å². The molecule has 47 heavy (non-hydrogen) atoms. The fraction of sp³-hybridized carbons (Fsp3) is 0. The molecule has 0 atom stereocenters. The van der Waals surface area contributed by atoms with Crippen molar-refractivity contribution in [2.24, 2.45) is 0 Å². The summed E-state index contributed by atoms with van der Waals surface area (Å²) in [6.07, 6.45) is 0. The van der Waals surface area contributed by atoms with Crippen molar-refractivity contribution in [1.29, 1.82) is 0 Å². The average Bonchev–Trinajstić information content (AvgIpc) is 3.55. The Morgan fingerprint density at radius 2 is 0.851 bits per heavy atom. The maximum atomic E-state index is 6.55. The van der Waals surface area contributed by atoms with Crippen LogP contribution in [0.25, 0.3) is 89.1 Å². The number of para-hydroxylation sites is 1. The van der Waals surface area contributed by atoms with Gasteiger partial charge < -0.3 is 4.42 Å². The number of hydrogen-bond acceptors (Lipinski definition) is 4. The van der Waals surface area contributed by atoms with Crippen molar-refractivity contribution in [2.75, 3.05) is 0 Å². The van der Waals surface area contributed by atoms with Gasteiger partial charge >= 0.3 is 0 Å². The lowest BCUT2D eigenvalue weighted by molar-refractivity contribution is 0.673. The minimum atomic E-state index is 0.633. The lowest BCUT2D eigenvalue weighted by atomic mass is 9.93. The van der Waals surface area contributed by atoms with E-state index in [0.717, 1.165) is 60.5 Å². The summed E-state index contributed by atoms with van der Waals surface area (Å²) < 4.78 is 6.55. The van der Waals surface area contributed by atoms with Crippen molar-refractivity contribution in [3.05, 3.63) is 164 Å². The van der Waals surface area contributed by atoms with Gasteiger partial charge in [-0.25, -0.2) is 15.0 Å². The summed E-state index contributed by atoms with van der Waals surface area (Å²) in [5, 5.41) is 4.46. The van der Waals surface area contributed by atoms with Gasteiger partial charge in [-0.15, -0.1) is 0 Å². The third kappa shape index (κ3) is 4.84. The smallest absolute Gasteiger partial charge is 0.164 e. The van der Waals surface area contributed by atoms with Crippen molar-refractivity contribution in [2.45, 2.75) is 0 Å². The van der Waals surface area contributed by atoms with Gasteiger partial charge in [0.2, 0.25) is 0 Å². The molecule has 0 radical (unpaired) electrons. The largest absolute Gasteiger partial charge is 0.455 e. The van der Waals surface area contributed by atoms with Crippen LogP contribution >= 0.6 is 0 Å². The molecule has 0 aliphatic heterocycles. The van der Waals surface area contributed by atoms with Gasteiger partial charge in [-0.1, -0.05) is 140 Å². The van der Waals surface area contributed by atoms with E-state index in [1.807, 2.05) is 78.9 Å². The molecular weight excluding hydrogens is 574 g/mol. The molecule has 9 aromatic rings. The molecule has 0 unspecified atom stereocenters. The zero-order chi connectivity index (χ0) is 31.2. The molecule has 4 heteroatoms. The van der Waals surface area contributed by atoms with Crippen molar-refractivity contribution in [3.8, 4) is 56.4 Å². The fourth-order valence-corrected chi connectivity index (χ4v) is 6.39. The Labute approximate surface area is 271 Å². The summed E-state index contributed by atoms with van der Waals surface area (Å²) in [5.41, 5.74) is 9.19. The minimum absolute atomic E-state index is 0.633. The standard InChI is InChI=1S/C43H27N3O/c1-4-12-28(13-5-1)33-24-25-35-34(26-33)27-37(39-36-18-10-11-19-38(36)47-40(35)39)29-20-22-32(23-21-29)43-45-41(30-14-6-2-7-15-30)44-42(46-43)31-16-8-3-9-17-31/h1-27H. The lowest BCUT2D eigenvalue weighted by Gasteiger charge is -2.11. The molecule has 0 saturated heterocycles. The van der Waals surface area contributed by atoms with Gasteiger partial charge in [-0.2, -0.15) is 0 Å². The highest BCUT2D eigenvalue weighted by molar-refractivity contribution is 6.21. The van der Waals surface area contributed by atoms with E-state index in [0.29, 0.717) is 17.5 Å². The SMILES string of the molecule is c1ccc(-c2ccc3c(c2)cc(-c2ccc(-c4nc(-c5ccccc5)nc(-c5ccccc5)n4)cc2)c2c4ccccc4oc32)cc1. The molecule has 0 saturated carbocycles. The summed E-state index contributed by atoms with van der Waals surface area (Å²) in [6.45, 7) is 0. The molecule has 0 aliphatic carbocycles. The molecule has 4 nitrogen and oxygen atoms in total. The molecule has 2 heterocycles. The van der Waals surface area contributed by atoms with Crippen LogP contribution in [0.3, 0.4) is 0 Å². The molecule has 0 amide bonds. The van der Waals surface area contributed by atoms with Gasteiger partial charge in [-0.05, 0) is 51.9 Å². The monoisotopic (exact) mass is 601 g/mol. The number of fused-ring (bicyclic) bond motifs is 5. The first-order valence-corrected chi connectivity index (χ1v) is 15.7. The first kappa shape index (κ1) is 27.0. The molecule has 9 rings (SSSR count). The zero-order valence-electron chi connectivity index (χ0n) is 25.3. The fourth-order valence-electron chi connectivity index (χ4n) is 6.39. The van der Waals surface area contributed by atoms with Crippen LogP contribution in [-0.2, 0) is 0 Å². The van der Waals surface area contributed by atoms with Crippen LogP contribution in [0.2, 0.25) is 0 Å². The van der Waals surface area contributed by atoms with Crippen LogP contribution in [0.4, 0.5) is 0 Å².